The van der Waals surface area contributed by atoms with E-state index in [0.717, 1.165) is 6.42 Å². The maximum atomic E-state index is 13.2. The molecule has 2 fully saturated rings. The van der Waals surface area contributed by atoms with Crippen molar-refractivity contribution in [2.45, 2.75) is 63.5 Å². The fourth-order valence-corrected chi connectivity index (χ4v) is 2.51. The Bertz CT molecular complexity index is 256. The lowest BCUT2D eigenvalue weighted by Gasteiger charge is -2.10. The first-order valence-corrected chi connectivity index (χ1v) is 7.34. The first-order chi connectivity index (χ1) is 10.4. The van der Waals surface area contributed by atoms with Crippen LogP contribution in [-0.4, -0.2) is 74.3 Å². The maximum Gasteiger partial charge on any atom is 0.191 e. The Hall–Kier alpha value is -0.380. The van der Waals surface area contributed by atoms with Crippen LogP contribution in [0.25, 0.3) is 0 Å². The van der Waals surface area contributed by atoms with Crippen LogP contribution in [0.4, 0.5) is 8.78 Å². The number of halogens is 2. The van der Waals surface area contributed by atoms with E-state index in [1.807, 2.05) is 13.8 Å². The van der Waals surface area contributed by atoms with Crippen molar-refractivity contribution in [1.82, 2.24) is 0 Å². The lowest BCUT2D eigenvalue weighted by atomic mass is 10.0. The van der Waals surface area contributed by atoms with Crippen LogP contribution in [0.5, 0.6) is 0 Å². The van der Waals surface area contributed by atoms with E-state index in [2.05, 4.69) is 4.74 Å². The molecule has 6 nitrogen and oxygen atoms in total. The molecule has 2 saturated heterocycles. The summed E-state index contributed by atoms with van der Waals surface area (Å²) in [6, 6.07) is 0. The van der Waals surface area contributed by atoms with Crippen LogP contribution in [0.15, 0.2) is 0 Å². The minimum atomic E-state index is -1.57. The molecule has 0 spiro atoms. The van der Waals surface area contributed by atoms with Gasteiger partial charge < -0.3 is 29.2 Å². The largest absolute Gasteiger partial charge is 0.394 e. The quantitative estimate of drug-likeness (QED) is 0.795. The highest BCUT2D eigenvalue weighted by molar-refractivity contribution is 4.86. The second-order valence-electron chi connectivity index (χ2n) is 5.39. The van der Waals surface area contributed by atoms with E-state index in [-0.39, 0.29) is 12.0 Å². The predicted octanol–water partition coefficient (Wildman–Crippen LogP) is 0.791. The van der Waals surface area contributed by atoms with Crippen molar-refractivity contribution in [3.8, 4) is 0 Å². The summed E-state index contributed by atoms with van der Waals surface area (Å²) >= 11 is 0. The third kappa shape index (κ3) is 4.33. The van der Waals surface area contributed by atoms with Gasteiger partial charge in [-0.25, -0.2) is 8.78 Å². The zero-order chi connectivity index (χ0) is 16.9. The molecule has 0 amide bonds. The van der Waals surface area contributed by atoms with Gasteiger partial charge in [0.05, 0.1) is 12.7 Å². The molecule has 0 saturated carbocycles. The van der Waals surface area contributed by atoms with Crippen molar-refractivity contribution >= 4 is 0 Å². The number of aliphatic hydroxyl groups is 2. The van der Waals surface area contributed by atoms with E-state index in [0.29, 0.717) is 0 Å². The van der Waals surface area contributed by atoms with Crippen molar-refractivity contribution in [2.75, 3.05) is 20.8 Å². The Kier molecular flexibility index (Phi) is 8.09. The van der Waals surface area contributed by atoms with Gasteiger partial charge in [0.25, 0.3) is 0 Å². The molecule has 0 bridgehead atoms. The van der Waals surface area contributed by atoms with Gasteiger partial charge in [0, 0.05) is 20.1 Å². The zero-order valence-electron chi connectivity index (χ0n) is 13.3. The molecule has 0 radical (unpaired) electrons. The molecule has 22 heavy (non-hydrogen) atoms. The minimum absolute atomic E-state index is 0.0231. The summed E-state index contributed by atoms with van der Waals surface area (Å²) in [6.07, 6.45) is -5.52. The van der Waals surface area contributed by atoms with E-state index in [1.165, 1.54) is 14.2 Å². The van der Waals surface area contributed by atoms with Crippen molar-refractivity contribution in [3.63, 3.8) is 0 Å². The molecule has 0 aromatic rings. The van der Waals surface area contributed by atoms with E-state index in [9.17, 15) is 8.78 Å². The maximum absolute atomic E-state index is 13.2. The van der Waals surface area contributed by atoms with Gasteiger partial charge >= 0.3 is 0 Å². The lowest BCUT2D eigenvalue weighted by Crippen LogP contribution is -2.31. The van der Waals surface area contributed by atoms with Crippen LogP contribution in [0.2, 0.25) is 0 Å². The summed E-state index contributed by atoms with van der Waals surface area (Å²) < 4.78 is 45.4. The smallest absolute Gasteiger partial charge is 0.191 e. The first-order valence-electron chi connectivity index (χ1n) is 7.34. The standard InChI is InChI=1S/C8H15FO2.C6H11FO4/c1-4-6-5(2)7(9)8(10-3)11-6;1-10-6-4(7)5(9)3(2-8)11-6/h5-8H,4H2,1-3H3;3-6,8-9H,2H2,1H3/t5-,6-,7+,8?;3-,4+,5-,6?/m11/s1. The van der Waals surface area contributed by atoms with Gasteiger partial charge in [0.15, 0.2) is 24.9 Å². The van der Waals surface area contributed by atoms with Crippen molar-refractivity contribution in [3.05, 3.63) is 0 Å². The van der Waals surface area contributed by atoms with Crippen molar-refractivity contribution < 1.29 is 37.9 Å². The first kappa shape index (κ1) is 19.7. The Morgan fingerprint density at radius 3 is 1.77 bits per heavy atom. The number of rotatable bonds is 4. The fraction of sp³-hybridized carbons (Fsp3) is 1.00. The Balaban J connectivity index is 0.000000220. The summed E-state index contributed by atoms with van der Waals surface area (Å²) in [5.74, 6) is -0.0371. The van der Waals surface area contributed by atoms with Crippen LogP contribution < -0.4 is 0 Å². The summed E-state index contributed by atoms with van der Waals surface area (Å²) in [4.78, 5) is 0. The van der Waals surface area contributed by atoms with Crippen molar-refractivity contribution in [2.24, 2.45) is 5.92 Å². The molecule has 2 N–H and O–H groups in total. The molecule has 0 aromatic heterocycles. The summed E-state index contributed by atoms with van der Waals surface area (Å²) in [7, 11) is 2.76. The number of hydrogen-bond acceptors (Lipinski definition) is 6. The summed E-state index contributed by atoms with van der Waals surface area (Å²) in [5.41, 5.74) is 0. The van der Waals surface area contributed by atoms with Gasteiger partial charge in [0.1, 0.15) is 12.2 Å². The SMILES string of the molecule is CC[C@H]1OC(OC)[C@@H](F)[C@@H]1C.COC1O[C@H](CO)[C@@H](O)[C@@H]1F. The van der Waals surface area contributed by atoms with Gasteiger partial charge in [0.2, 0.25) is 0 Å². The second-order valence-corrected chi connectivity index (χ2v) is 5.39. The molecular weight excluding hydrogens is 302 g/mol. The van der Waals surface area contributed by atoms with Gasteiger partial charge in [-0.15, -0.1) is 0 Å². The topological polar surface area (TPSA) is 77.4 Å². The molecule has 0 aliphatic carbocycles. The number of hydrogen-bond donors (Lipinski definition) is 2. The van der Waals surface area contributed by atoms with E-state index < -0.39 is 43.7 Å². The van der Waals surface area contributed by atoms with Crippen molar-refractivity contribution in [1.29, 1.82) is 0 Å². The third-order valence-electron chi connectivity index (χ3n) is 3.98. The third-order valence-corrected chi connectivity index (χ3v) is 3.98. The number of aliphatic hydroxyl groups excluding tert-OH is 2. The molecule has 132 valence electrons. The fourth-order valence-electron chi connectivity index (χ4n) is 2.51. The molecule has 2 aliphatic heterocycles. The summed E-state index contributed by atoms with van der Waals surface area (Å²) in [6.45, 7) is 3.45. The molecule has 2 aliphatic rings. The minimum Gasteiger partial charge on any atom is -0.394 e. The Labute approximate surface area is 129 Å². The van der Waals surface area contributed by atoms with Crippen LogP contribution in [0.1, 0.15) is 20.3 Å². The lowest BCUT2D eigenvalue weighted by molar-refractivity contribution is -0.141. The monoisotopic (exact) mass is 328 g/mol. The molecule has 2 unspecified atom stereocenters. The van der Waals surface area contributed by atoms with Crippen LogP contribution in [0, 0.1) is 5.92 Å². The number of ether oxygens (including phenoxy) is 4. The molecular formula is C14H26F2O6. The van der Waals surface area contributed by atoms with Gasteiger partial charge in [-0.3, -0.25) is 0 Å². The zero-order valence-corrected chi connectivity index (χ0v) is 13.3. The average Bonchev–Trinajstić information content (AvgIpc) is 2.98. The van der Waals surface area contributed by atoms with Gasteiger partial charge in [-0.05, 0) is 6.42 Å². The Morgan fingerprint density at radius 2 is 1.50 bits per heavy atom. The van der Waals surface area contributed by atoms with Crippen LogP contribution in [-0.2, 0) is 18.9 Å². The van der Waals surface area contributed by atoms with Gasteiger partial charge in [-0.1, -0.05) is 13.8 Å². The van der Waals surface area contributed by atoms with Crippen LogP contribution >= 0.6 is 0 Å². The number of methoxy groups -OCH3 is 2. The highest BCUT2D eigenvalue weighted by Crippen LogP contribution is 2.31. The molecule has 2 heterocycles. The average molecular weight is 328 g/mol. The second kappa shape index (κ2) is 9.05. The predicted molar refractivity (Wildman–Crippen MR) is 73.7 cm³/mol. The van der Waals surface area contributed by atoms with Gasteiger partial charge in [-0.2, -0.15) is 0 Å². The normalized spacial score (nSPS) is 44.7. The molecule has 0 aromatic carbocycles. The molecule has 8 heteroatoms. The Morgan fingerprint density at radius 1 is 1.00 bits per heavy atom. The number of alkyl halides is 2. The van der Waals surface area contributed by atoms with Crippen LogP contribution in [0.3, 0.4) is 0 Å². The highest BCUT2D eigenvalue weighted by atomic mass is 19.1. The molecule has 2 rings (SSSR count). The van der Waals surface area contributed by atoms with E-state index in [1.54, 1.807) is 0 Å². The molecule has 8 atom stereocenters. The van der Waals surface area contributed by atoms with E-state index >= 15 is 0 Å². The van der Waals surface area contributed by atoms with E-state index in [4.69, 9.17) is 24.4 Å². The highest BCUT2D eigenvalue weighted by Gasteiger charge is 2.44. The summed E-state index contributed by atoms with van der Waals surface area (Å²) in [5, 5.41) is 17.6.